The number of unbranched alkanes of at least 4 members (excludes halogenated alkanes) is 2. The average molecular weight is 240 g/mol. The van der Waals surface area contributed by atoms with E-state index >= 15 is 0 Å². The first-order valence-electron chi connectivity index (χ1n) is 7.20. The predicted molar refractivity (Wildman–Crippen MR) is 72.0 cm³/mol. The van der Waals surface area contributed by atoms with Crippen LogP contribution >= 0.6 is 0 Å². The zero-order chi connectivity index (χ0) is 12.7. The molecule has 2 N–H and O–H groups in total. The van der Waals surface area contributed by atoms with Gasteiger partial charge in [-0.3, -0.25) is 4.79 Å². The number of amides is 1. The second-order valence-electron chi connectivity index (χ2n) is 5.34. The van der Waals surface area contributed by atoms with E-state index in [1.165, 1.54) is 19.3 Å². The number of hydrogen-bond acceptors (Lipinski definition) is 2. The summed E-state index contributed by atoms with van der Waals surface area (Å²) < 4.78 is 0. The summed E-state index contributed by atoms with van der Waals surface area (Å²) in [5.41, 5.74) is -0.279. The van der Waals surface area contributed by atoms with Crippen LogP contribution < -0.4 is 10.6 Å². The summed E-state index contributed by atoms with van der Waals surface area (Å²) in [4.78, 5) is 12.3. The van der Waals surface area contributed by atoms with Gasteiger partial charge in [0.25, 0.3) is 0 Å². The maximum absolute atomic E-state index is 12.3. The van der Waals surface area contributed by atoms with E-state index in [-0.39, 0.29) is 11.4 Å². The van der Waals surface area contributed by atoms with Crippen LogP contribution in [0.2, 0.25) is 0 Å². The van der Waals surface area contributed by atoms with Gasteiger partial charge in [0.05, 0.1) is 5.54 Å². The highest BCUT2D eigenvalue weighted by atomic mass is 16.2. The van der Waals surface area contributed by atoms with Crippen molar-refractivity contribution in [3.05, 3.63) is 0 Å². The van der Waals surface area contributed by atoms with Gasteiger partial charge in [-0.15, -0.1) is 0 Å². The minimum Gasteiger partial charge on any atom is -0.352 e. The van der Waals surface area contributed by atoms with E-state index in [1.807, 2.05) is 0 Å². The SMILES string of the molecule is CCCCCC(C)NC(=O)C1(CC)CCCN1. The molecule has 100 valence electrons. The summed E-state index contributed by atoms with van der Waals surface area (Å²) in [6, 6.07) is 0.305. The molecule has 0 aliphatic carbocycles. The predicted octanol–water partition coefficient (Wildman–Crippen LogP) is 2.60. The molecule has 0 radical (unpaired) electrons. The second kappa shape index (κ2) is 7.00. The Labute approximate surface area is 106 Å². The Kier molecular flexibility index (Phi) is 5.96. The summed E-state index contributed by atoms with van der Waals surface area (Å²) in [5, 5.41) is 6.55. The van der Waals surface area contributed by atoms with Crippen molar-refractivity contribution in [2.75, 3.05) is 6.54 Å². The van der Waals surface area contributed by atoms with E-state index in [4.69, 9.17) is 0 Å². The molecule has 0 bridgehead atoms. The van der Waals surface area contributed by atoms with Gasteiger partial charge in [-0.25, -0.2) is 0 Å². The van der Waals surface area contributed by atoms with Crippen LogP contribution in [0.5, 0.6) is 0 Å². The number of nitrogens with one attached hydrogen (secondary N) is 2. The van der Waals surface area contributed by atoms with Gasteiger partial charge in [0.2, 0.25) is 5.91 Å². The summed E-state index contributed by atoms with van der Waals surface area (Å²) in [6.45, 7) is 7.40. The van der Waals surface area contributed by atoms with Crippen LogP contribution in [0.4, 0.5) is 0 Å². The van der Waals surface area contributed by atoms with Gasteiger partial charge in [0.15, 0.2) is 0 Å². The normalized spacial score (nSPS) is 25.8. The molecule has 0 saturated carbocycles. The number of hydrogen-bond donors (Lipinski definition) is 2. The summed E-state index contributed by atoms with van der Waals surface area (Å²) in [6.07, 6.45) is 7.80. The molecule has 1 saturated heterocycles. The minimum absolute atomic E-state index is 0.210. The molecule has 2 unspecified atom stereocenters. The molecular formula is C14H28N2O. The molecule has 0 aromatic rings. The average Bonchev–Trinajstić information content (AvgIpc) is 2.79. The van der Waals surface area contributed by atoms with Crippen molar-refractivity contribution < 1.29 is 4.79 Å². The third kappa shape index (κ3) is 3.98. The van der Waals surface area contributed by atoms with Crippen molar-refractivity contribution in [1.82, 2.24) is 10.6 Å². The van der Waals surface area contributed by atoms with Gasteiger partial charge >= 0.3 is 0 Å². The molecule has 0 aromatic heterocycles. The Morgan fingerprint density at radius 2 is 2.18 bits per heavy atom. The van der Waals surface area contributed by atoms with Crippen molar-refractivity contribution in [3.63, 3.8) is 0 Å². The fraction of sp³-hybridized carbons (Fsp3) is 0.929. The molecule has 1 aliphatic heterocycles. The molecule has 1 amide bonds. The lowest BCUT2D eigenvalue weighted by Crippen LogP contribution is -2.54. The lowest BCUT2D eigenvalue weighted by molar-refractivity contribution is -0.128. The molecule has 1 aliphatic rings. The van der Waals surface area contributed by atoms with Crippen molar-refractivity contribution in [1.29, 1.82) is 0 Å². The Hall–Kier alpha value is -0.570. The molecule has 0 aromatic carbocycles. The lowest BCUT2D eigenvalue weighted by atomic mass is 9.92. The van der Waals surface area contributed by atoms with Gasteiger partial charge in [0.1, 0.15) is 0 Å². The number of carbonyl (C=O) groups excluding carboxylic acids is 1. The van der Waals surface area contributed by atoms with Gasteiger partial charge in [-0.1, -0.05) is 33.1 Å². The highest BCUT2D eigenvalue weighted by Crippen LogP contribution is 2.23. The van der Waals surface area contributed by atoms with E-state index in [9.17, 15) is 4.79 Å². The topological polar surface area (TPSA) is 41.1 Å². The van der Waals surface area contributed by atoms with E-state index in [2.05, 4.69) is 31.4 Å². The first-order chi connectivity index (χ1) is 8.14. The van der Waals surface area contributed by atoms with Gasteiger partial charge < -0.3 is 10.6 Å². The van der Waals surface area contributed by atoms with Gasteiger partial charge in [-0.2, -0.15) is 0 Å². The molecule has 1 rings (SSSR count). The van der Waals surface area contributed by atoms with E-state index in [0.717, 1.165) is 32.2 Å². The Morgan fingerprint density at radius 3 is 2.71 bits per heavy atom. The van der Waals surface area contributed by atoms with Crippen molar-refractivity contribution in [2.24, 2.45) is 0 Å². The molecule has 3 nitrogen and oxygen atoms in total. The fourth-order valence-corrected chi connectivity index (χ4v) is 2.60. The van der Waals surface area contributed by atoms with E-state index in [1.54, 1.807) is 0 Å². The molecule has 0 spiro atoms. The maximum Gasteiger partial charge on any atom is 0.240 e. The first-order valence-corrected chi connectivity index (χ1v) is 7.20. The Balaban J connectivity index is 2.36. The smallest absolute Gasteiger partial charge is 0.240 e. The highest BCUT2D eigenvalue weighted by molar-refractivity contribution is 5.86. The highest BCUT2D eigenvalue weighted by Gasteiger charge is 2.39. The third-order valence-corrected chi connectivity index (χ3v) is 3.90. The molecule has 1 heterocycles. The molecule has 3 heteroatoms. The minimum atomic E-state index is -0.279. The second-order valence-corrected chi connectivity index (χ2v) is 5.34. The van der Waals surface area contributed by atoms with Crippen molar-refractivity contribution in [2.45, 2.75) is 77.3 Å². The molecular weight excluding hydrogens is 212 g/mol. The zero-order valence-corrected chi connectivity index (χ0v) is 11.6. The Bertz CT molecular complexity index is 234. The van der Waals surface area contributed by atoms with Gasteiger partial charge in [0, 0.05) is 6.04 Å². The largest absolute Gasteiger partial charge is 0.352 e. The van der Waals surface area contributed by atoms with Crippen LogP contribution in [0.3, 0.4) is 0 Å². The summed E-state index contributed by atoms with van der Waals surface area (Å²) in [7, 11) is 0. The molecule has 17 heavy (non-hydrogen) atoms. The van der Waals surface area contributed by atoms with E-state index < -0.39 is 0 Å². The Morgan fingerprint density at radius 1 is 1.41 bits per heavy atom. The number of carbonyl (C=O) groups is 1. The molecule has 2 atom stereocenters. The van der Waals surface area contributed by atoms with Crippen LogP contribution in [0, 0.1) is 0 Å². The van der Waals surface area contributed by atoms with Crippen molar-refractivity contribution in [3.8, 4) is 0 Å². The monoisotopic (exact) mass is 240 g/mol. The summed E-state index contributed by atoms with van der Waals surface area (Å²) in [5.74, 6) is 0.210. The number of rotatable bonds is 7. The van der Waals surface area contributed by atoms with Crippen LogP contribution in [0.15, 0.2) is 0 Å². The quantitative estimate of drug-likeness (QED) is 0.672. The standard InChI is InChI=1S/C14H28N2O/c1-4-6-7-9-12(3)16-13(17)14(5-2)10-8-11-15-14/h12,15H,4-11H2,1-3H3,(H,16,17). The van der Waals surface area contributed by atoms with Crippen LogP contribution in [0.25, 0.3) is 0 Å². The van der Waals surface area contributed by atoms with E-state index in [0.29, 0.717) is 6.04 Å². The first kappa shape index (κ1) is 14.5. The van der Waals surface area contributed by atoms with Crippen LogP contribution in [0.1, 0.15) is 65.7 Å². The van der Waals surface area contributed by atoms with Crippen molar-refractivity contribution >= 4 is 5.91 Å². The van der Waals surface area contributed by atoms with Crippen LogP contribution in [-0.4, -0.2) is 24.0 Å². The fourth-order valence-electron chi connectivity index (χ4n) is 2.60. The summed E-state index contributed by atoms with van der Waals surface area (Å²) >= 11 is 0. The zero-order valence-electron chi connectivity index (χ0n) is 11.6. The molecule has 1 fully saturated rings. The van der Waals surface area contributed by atoms with Gasteiger partial charge in [-0.05, 0) is 39.2 Å². The third-order valence-electron chi connectivity index (χ3n) is 3.90. The maximum atomic E-state index is 12.3. The lowest BCUT2D eigenvalue weighted by Gasteiger charge is -2.28. The van der Waals surface area contributed by atoms with Crippen LogP contribution in [-0.2, 0) is 4.79 Å².